The maximum absolute atomic E-state index is 14.6. The second kappa shape index (κ2) is 10.2. The molecule has 1 saturated heterocycles. The normalized spacial score (nSPS) is 19.5. The highest BCUT2D eigenvalue weighted by atomic mass is 32.1. The first-order valence-corrected chi connectivity index (χ1v) is 12.1. The number of nitrogens with zero attached hydrogens (tertiary/aromatic N) is 4. The second-order valence-corrected chi connectivity index (χ2v) is 10.1. The van der Waals surface area contributed by atoms with E-state index < -0.39 is 48.5 Å². The number of alkyl halides is 5. The number of thiazole rings is 1. The molecule has 0 unspecified atom stereocenters. The molecule has 0 radical (unpaired) electrons. The standard InChI is InChI=1S/C24H24F5N5O2S/c1-13-8-23(25,26)12-34(18(13)11-32-22-30-9-16(10-31-22)24(27,28)29)21(35)19-20(37-14(2)33-19)15-5-4-6-17(7-15)36-3/h4-7,9-10,13,18H,8,11-12H2,1-3H3,(H,30,31,32)/t13-,18-/m1/s1. The van der Waals surface area contributed by atoms with Gasteiger partial charge in [0.25, 0.3) is 11.8 Å². The molecule has 0 spiro atoms. The molecule has 1 aliphatic rings. The zero-order valence-corrected chi connectivity index (χ0v) is 21.0. The fraction of sp³-hybridized carbons (Fsp3) is 0.417. The molecule has 2 aromatic heterocycles. The van der Waals surface area contributed by atoms with E-state index in [1.54, 1.807) is 38.1 Å². The Bertz CT molecular complexity index is 1270. The number of halogens is 5. The number of methoxy groups -OCH3 is 1. The van der Waals surface area contributed by atoms with Crippen molar-refractivity contribution in [3.63, 3.8) is 0 Å². The van der Waals surface area contributed by atoms with Crippen LogP contribution >= 0.6 is 11.3 Å². The van der Waals surface area contributed by atoms with Crippen molar-refractivity contribution in [3.05, 3.63) is 52.9 Å². The minimum absolute atomic E-state index is 0.0358. The minimum Gasteiger partial charge on any atom is -0.497 e. The maximum Gasteiger partial charge on any atom is 0.419 e. The summed E-state index contributed by atoms with van der Waals surface area (Å²) in [6, 6.07) is 6.30. The van der Waals surface area contributed by atoms with Gasteiger partial charge in [-0.05, 0) is 30.5 Å². The molecule has 37 heavy (non-hydrogen) atoms. The van der Waals surface area contributed by atoms with Crippen molar-refractivity contribution in [1.82, 2.24) is 19.9 Å². The largest absolute Gasteiger partial charge is 0.497 e. The number of aryl methyl sites for hydroxylation is 1. The van der Waals surface area contributed by atoms with Crippen molar-refractivity contribution in [1.29, 1.82) is 0 Å². The third-order valence-corrected chi connectivity index (χ3v) is 7.08. The van der Waals surface area contributed by atoms with Gasteiger partial charge in [0, 0.05) is 25.4 Å². The van der Waals surface area contributed by atoms with Gasteiger partial charge in [-0.1, -0.05) is 19.1 Å². The fourth-order valence-electron chi connectivity index (χ4n) is 4.31. The summed E-state index contributed by atoms with van der Waals surface area (Å²) in [5, 5.41) is 3.38. The molecule has 1 N–H and O–H groups in total. The number of carbonyl (C=O) groups excluding carboxylic acids is 1. The smallest absolute Gasteiger partial charge is 0.419 e. The Morgan fingerprint density at radius 1 is 1.27 bits per heavy atom. The number of anilines is 1. The van der Waals surface area contributed by atoms with Crippen LogP contribution in [0.4, 0.5) is 27.9 Å². The lowest BCUT2D eigenvalue weighted by molar-refractivity contribution is -0.138. The van der Waals surface area contributed by atoms with Crippen LogP contribution in [0.1, 0.15) is 34.4 Å². The molecule has 0 bridgehead atoms. The summed E-state index contributed by atoms with van der Waals surface area (Å²) < 4.78 is 72.9. The molecule has 3 heterocycles. The summed E-state index contributed by atoms with van der Waals surface area (Å²) in [5.74, 6) is -3.94. The number of benzene rings is 1. The van der Waals surface area contributed by atoms with Crippen LogP contribution in [-0.2, 0) is 6.18 Å². The Kier molecular flexibility index (Phi) is 7.36. The van der Waals surface area contributed by atoms with Crippen LogP contribution in [0.15, 0.2) is 36.7 Å². The van der Waals surface area contributed by atoms with Gasteiger partial charge in [-0.15, -0.1) is 11.3 Å². The first-order valence-electron chi connectivity index (χ1n) is 11.3. The van der Waals surface area contributed by atoms with Crippen molar-refractivity contribution in [2.75, 3.05) is 25.5 Å². The van der Waals surface area contributed by atoms with E-state index in [9.17, 15) is 26.7 Å². The van der Waals surface area contributed by atoms with Gasteiger partial charge in [0.1, 0.15) is 11.4 Å². The fourth-order valence-corrected chi connectivity index (χ4v) is 5.22. The van der Waals surface area contributed by atoms with Crippen LogP contribution in [0, 0.1) is 12.8 Å². The quantitative estimate of drug-likeness (QED) is 0.413. The van der Waals surface area contributed by atoms with Crippen molar-refractivity contribution in [2.24, 2.45) is 5.92 Å². The predicted molar refractivity (Wildman–Crippen MR) is 128 cm³/mol. The van der Waals surface area contributed by atoms with Gasteiger partial charge >= 0.3 is 6.18 Å². The van der Waals surface area contributed by atoms with Crippen molar-refractivity contribution in [2.45, 2.75) is 38.4 Å². The molecule has 13 heteroatoms. The molecule has 1 aliphatic heterocycles. The van der Waals surface area contributed by atoms with E-state index in [1.165, 1.54) is 18.4 Å². The van der Waals surface area contributed by atoms with Crippen LogP contribution in [0.2, 0.25) is 0 Å². The number of rotatable bonds is 6. The van der Waals surface area contributed by atoms with Gasteiger partial charge in [0.15, 0.2) is 0 Å². The number of carbonyl (C=O) groups is 1. The summed E-state index contributed by atoms with van der Waals surface area (Å²) in [7, 11) is 1.51. The molecule has 1 amide bonds. The van der Waals surface area contributed by atoms with Crippen LogP contribution < -0.4 is 10.1 Å². The van der Waals surface area contributed by atoms with E-state index in [1.807, 2.05) is 0 Å². The van der Waals surface area contributed by atoms with Crippen molar-refractivity contribution >= 4 is 23.2 Å². The Morgan fingerprint density at radius 3 is 2.62 bits per heavy atom. The minimum atomic E-state index is -4.59. The summed E-state index contributed by atoms with van der Waals surface area (Å²) in [6.45, 7) is 2.47. The lowest BCUT2D eigenvalue weighted by Gasteiger charge is -2.43. The van der Waals surface area contributed by atoms with E-state index in [0.29, 0.717) is 33.6 Å². The van der Waals surface area contributed by atoms with E-state index in [-0.39, 0.29) is 18.2 Å². The average Bonchev–Trinajstić information content (AvgIpc) is 3.23. The van der Waals surface area contributed by atoms with Crippen LogP contribution in [0.25, 0.3) is 10.4 Å². The second-order valence-electron chi connectivity index (χ2n) is 8.85. The van der Waals surface area contributed by atoms with E-state index >= 15 is 0 Å². The Labute approximate surface area is 213 Å². The molecule has 2 atom stereocenters. The zero-order valence-electron chi connectivity index (χ0n) is 20.1. The summed E-state index contributed by atoms with van der Waals surface area (Å²) >= 11 is 1.27. The molecular weight excluding hydrogens is 517 g/mol. The number of likely N-dealkylation sites (tertiary alicyclic amines) is 1. The van der Waals surface area contributed by atoms with Gasteiger partial charge in [-0.2, -0.15) is 13.2 Å². The summed E-state index contributed by atoms with van der Waals surface area (Å²) in [5.41, 5.74) is -0.293. The molecule has 7 nitrogen and oxygen atoms in total. The highest BCUT2D eigenvalue weighted by Crippen LogP contribution is 2.38. The molecule has 198 valence electrons. The Balaban J connectivity index is 1.62. The van der Waals surface area contributed by atoms with Crippen LogP contribution in [0.5, 0.6) is 5.75 Å². The Hall–Kier alpha value is -3.35. The van der Waals surface area contributed by atoms with E-state index in [0.717, 1.165) is 4.90 Å². The number of hydrogen-bond acceptors (Lipinski definition) is 7. The first-order chi connectivity index (χ1) is 17.4. The number of piperidine rings is 1. The monoisotopic (exact) mass is 541 g/mol. The van der Waals surface area contributed by atoms with Crippen LogP contribution in [0.3, 0.4) is 0 Å². The topological polar surface area (TPSA) is 80.2 Å². The molecule has 0 saturated carbocycles. The van der Waals surface area contributed by atoms with Crippen LogP contribution in [-0.4, -0.2) is 57.9 Å². The summed E-state index contributed by atoms with van der Waals surface area (Å²) in [4.78, 5) is 27.0. The molecule has 1 aromatic carbocycles. The zero-order chi connectivity index (χ0) is 27.0. The first kappa shape index (κ1) is 26.7. The lowest BCUT2D eigenvalue weighted by Crippen LogP contribution is -2.57. The maximum atomic E-state index is 14.6. The van der Waals surface area contributed by atoms with E-state index in [4.69, 9.17) is 4.74 Å². The number of nitrogens with one attached hydrogen (secondary N) is 1. The number of hydrogen-bond donors (Lipinski definition) is 1. The molecule has 4 rings (SSSR count). The van der Waals surface area contributed by atoms with Crippen molar-refractivity contribution < 1.29 is 31.5 Å². The molecule has 0 aliphatic carbocycles. The third kappa shape index (κ3) is 5.97. The number of aromatic nitrogens is 3. The van der Waals surface area contributed by atoms with Gasteiger partial charge in [-0.3, -0.25) is 4.79 Å². The highest BCUT2D eigenvalue weighted by molar-refractivity contribution is 7.15. The third-order valence-electron chi connectivity index (χ3n) is 6.06. The van der Waals surface area contributed by atoms with Gasteiger partial charge in [0.2, 0.25) is 5.95 Å². The van der Waals surface area contributed by atoms with Gasteiger partial charge in [0.05, 0.1) is 35.1 Å². The SMILES string of the molecule is COc1cccc(-c2sc(C)nc2C(=O)N2CC(F)(F)C[C@@H](C)[C@H]2CNc2ncc(C(F)(F)F)cn2)c1. The molecular formula is C24H24F5N5O2S. The lowest BCUT2D eigenvalue weighted by atomic mass is 9.88. The average molecular weight is 542 g/mol. The molecule has 3 aromatic rings. The van der Waals surface area contributed by atoms with Gasteiger partial charge < -0.3 is 15.0 Å². The van der Waals surface area contributed by atoms with Gasteiger partial charge in [-0.25, -0.2) is 23.7 Å². The van der Waals surface area contributed by atoms with E-state index in [2.05, 4.69) is 20.3 Å². The summed E-state index contributed by atoms with van der Waals surface area (Å²) in [6.07, 6.45) is -3.77. The van der Waals surface area contributed by atoms with Crippen molar-refractivity contribution in [3.8, 4) is 16.2 Å². The number of ether oxygens (including phenoxy) is 1. The molecule has 1 fully saturated rings. The predicted octanol–water partition coefficient (Wildman–Crippen LogP) is 5.53. The highest BCUT2D eigenvalue weighted by Gasteiger charge is 2.47. The number of amides is 1. The Morgan fingerprint density at radius 2 is 1.97 bits per heavy atom.